The Bertz CT molecular complexity index is 738. The van der Waals surface area contributed by atoms with Crippen molar-refractivity contribution in [3.8, 4) is 0 Å². The summed E-state index contributed by atoms with van der Waals surface area (Å²) in [7, 11) is 1.70. The van der Waals surface area contributed by atoms with E-state index in [1.165, 1.54) is 11.1 Å². The second-order valence-electron chi connectivity index (χ2n) is 6.65. The van der Waals surface area contributed by atoms with Crippen molar-refractivity contribution in [2.45, 2.75) is 32.0 Å². The predicted molar refractivity (Wildman–Crippen MR) is 98.6 cm³/mol. The van der Waals surface area contributed by atoms with Crippen molar-refractivity contribution in [2.24, 2.45) is 0 Å². The number of hydrogen-bond acceptors (Lipinski definition) is 7. The quantitative estimate of drug-likeness (QED) is 0.745. The van der Waals surface area contributed by atoms with Crippen LogP contribution in [0.1, 0.15) is 30.5 Å². The van der Waals surface area contributed by atoms with Crippen LogP contribution in [0, 0.1) is 0 Å². The second kappa shape index (κ2) is 6.85. The van der Waals surface area contributed by atoms with Crippen molar-refractivity contribution in [1.82, 2.24) is 15.4 Å². The lowest BCUT2D eigenvalue weighted by Crippen LogP contribution is -2.34. The Morgan fingerprint density at radius 1 is 1.32 bits per heavy atom. The third-order valence-electron chi connectivity index (χ3n) is 4.63. The fourth-order valence-electron chi connectivity index (χ4n) is 3.48. The summed E-state index contributed by atoms with van der Waals surface area (Å²) in [5.41, 5.74) is 9.00. The molecule has 1 aromatic heterocycles. The van der Waals surface area contributed by atoms with E-state index in [1.54, 1.807) is 7.11 Å². The van der Waals surface area contributed by atoms with Crippen LogP contribution in [0.4, 0.5) is 17.6 Å². The fraction of sp³-hybridized carbons (Fsp3) is 0.444. The number of nitrogens with one attached hydrogen (secondary N) is 3. The Kier molecular flexibility index (Phi) is 4.42. The summed E-state index contributed by atoms with van der Waals surface area (Å²) in [5.74, 6) is 2.52. The molecule has 3 heterocycles. The monoisotopic (exact) mass is 340 g/mol. The van der Waals surface area contributed by atoms with E-state index in [-0.39, 0.29) is 12.1 Å². The molecule has 4 rings (SSSR count). The number of nitrogens with zero attached hydrogens (tertiary/aromatic N) is 3. The fourth-order valence-corrected chi connectivity index (χ4v) is 3.48. The molecule has 0 saturated carbocycles. The molecule has 0 bridgehead atoms. The van der Waals surface area contributed by atoms with Gasteiger partial charge in [0.1, 0.15) is 5.82 Å². The van der Waals surface area contributed by atoms with Crippen LogP contribution in [0.5, 0.6) is 0 Å². The minimum absolute atomic E-state index is 0.145. The van der Waals surface area contributed by atoms with Gasteiger partial charge in [-0.1, -0.05) is 30.3 Å². The Morgan fingerprint density at radius 2 is 2.16 bits per heavy atom. The lowest BCUT2D eigenvalue weighted by Gasteiger charge is -2.32. The lowest BCUT2D eigenvalue weighted by atomic mass is 10.0. The maximum atomic E-state index is 5.20. The Morgan fingerprint density at radius 3 is 2.96 bits per heavy atom. The van der Waals surface area contributed by atoms with Gasteiger partial charge in [-0.2, -0.15) is 9.97 Å². The van der Waals surface area contributed by atoms with Crippen molar-refractivity contribution in [3.05, 3.63) is 41.5 Å². The van der Waals surface area contributed by atoms with E-state index < -0.39 is 0 Å². The van der Waals surface area contributed by atoms with Crippen LogP contribution in [-0.4, -0.2) is 36.3 Å². The number of hydrogen-bond donors (Lipinski definition) is 3. The van der Waals surface area contributed by atoms with Crippen LogP contribution in [0.15, 0.2) is 30.3 Å². The van der Waals surface area contributed by atoms with Gasteiger partial charge >= 0.3 is 0 Å². The van der Waals surface area contributed by atoms with Gasteiger partial charge in [0.2, 0.25) is 5.95 Å². The van der Waals surface area contributed by atoms with E-state index in [1.807, 2.05) is 6.07 Å². The molecule has 7 heteroatoms. The summed E-state index contributed by atoms with van der Waals surface area (Å²) in [6.45, 7) is 4.48. The van der Waals surface area contributed by atoms with Crippen LogP contribution in [-0.2, 0) is 11.3 Å². The molecular formula is C18H24N6O. The standard InChI is InChI=1S/C18H24N6O/c1-12(11-25-2)19-18-20-16-15-14(22-23-16)8-9-24(17(15)21-18)10-13-6-4-3-5-7-13/h3-7,12,14,22H,8-11H2,1-2H3,(H2,19,20,21,23)/t12-,14?/m0/s1. The van der Waals surface area contributed by atoms with E-state index >= 15 is 0 Å². The molecule has 2 aliphatic rings. The number of hydrazine groups is 1. The first-order valence-electron chi connectivity index (χ1n) is 8.72. The van der Waals surface area contributed by atoms with Gasteiger partial charge in [0.25, 0.3) is 0 Å². The van der Waals surface area contributed by atoms with Crippen molar-refractivity contribution in [2.75, 3.05) is 35.9 Å². The maximum absolute atomic E-state index is 5.20. The van der Waals surface area contributed by atoms with Crippen molar-refractivity contribution >= 4 is 17.6 Å². The molecule has 0 amide bonds. The van der Waals surface area contributed by atoms with Gasteiger partial charge in [0, 0.05) is 26.2 Å². The predicted octanol–water partition coefficient (Wildman–Crippen LogP) is 2.30. The first-order valence-corrected chi connectivity index (χ1v) is 8.72. The van der Waals surface area contributed by atoms with E-state index in [0.29, 0.717) is 12.6 Å². The number of rotatable bonds is 6. The van der Waals surface area contributed by atoms with Crippen molar-refractivity contribution in [1.29, 1.82) is 0 Å². The van der Waals surface area contributed by atoms with Crippen molar-refractivity contribution in [3.63, 3.8) is 0 Å². The summed E-state index contributed by atoms with van der Waals surface area (Å²) in [4.78, 5) is 11.8. The van der Waals surface area contributed by atoms with Gasteiger partial charge in [-0.25, -0.2) is 5.43 Å². The summed E-state index contributed by atoms with van der Waals surface area (Å²) >= 11 is 0. The topological polar surface area (TPSA) is 74.3 Å². The molecule has 2 atom stereocenters. The number of benzene rings is 1. The molecule has 25 heavy (non-hydrogen) atoms. The zero-order chi connectivity index (χ0) is 17.2. The normalized spacial score (nSPS) is 19.3. The van der Waals surface area contributed by atoms with Crippen LogP contribution in [0.3, 0.4) is 0 Å². The Labute approximate surface area is 147 Å². The third-order valence-corrected chi connectivity index (χ3v) is 4.63. The van der Waals surface area contributed by atoms with Gasteiger partial charge in [-0.3, -0.25) is 0 Å². The Hall–Kier alpha value is -2.38. The van der Waals surface area contributed by atoms with E-state index in [9.17, 15) is 0 Å². The molecule has 3 N–H and O–H groups in total. The van der Waals surface area contributed by atoms with Crippen LogP contribution in [0.2, 0.25) is 0 Å². The first kappa shape index (κ1) is 16.1. The highest BCUT2D eigenvalue weighted by Crippen LogP contribution is 2.41. The van der Waals surface area contributed by atoms with E-state index in [2.05, 4.69) is 57.2 Å². The molecular weight excluding hydrogens is 316 g/mol. The van der Waals surface area contributed by atoms with Gasteiger partial charge in [-0.15, -0.1) is 0 Å². The largest absolute Gasteiger partial charge is 0.383 e. The van der Waals surface area contributed by atoms with Gasteiger partial charge in [0.05, 0.1) is 18.2 Å². The number of aromatic nitrogens is 2. The third kappa shape index (κ3) is 3.25. The average molecular weight is 340 g/mol. The van der Waals surface area contributed by atoms with Crippen LogP contribution >= 0.6 is 0 Å². The zero-order valence-electron chi connectivity index (χ0n) is 14.6. The molecule has 0 fully saturated rings. The van der Waals surface area contributed by atoms with E-state index in [0.717, 1.165) is 31.1 Å². The first-order chi connectivity index (χ1) is 12.2. The lowest BCUT2D eigenvalue weighted by molar-refractivity contribution is 0.190. The molecule has 0 radical (unpaired) electrons. The summed E-state index contributed by atoms with van der Waals surface area (Å²) in [6, 6.07) is 10.9. The van der Waals surface area contributed by atoms with Gasteiger partial charge in [-0.05, 0) is 18.9 Å². The molecule has 7 nitrogen and oxygen atoms in total. The minimum atomic E-state index is 0.145. The molecule has 1 aromatic carbocycles. The molecule has 2 aliphatic heterocycles. The number of ether oxygens (including phenoxy) is 1. The van der Waals surface area contributed by atoms with Gasteiger partial charge < -0.3 is 20.4 Å². The smallest absolute Gasteiger partial charge is 0.226 e. The molecule has 132 valence electrons. The molecule has 1 unspecified atom stereocenters. The highest BCUT2D eigenvalue weighted by Gasteiger charge is 2.34. The second-order valence-corrected chi connectivity index (χ2v) is 6.65. The van der Waals surface area contributed by atoms with Crippen LogP contribution in [0.25, 0.3) is 0 Å². The summed E-state index contributed by atoms with van der Waals surface area (Å²) in [5, 5.41) is 3.33. The van der Waals surface area contributed by atoms with E-state index in [4.69, 9.17) is 9.72 Å². The van der Waals surface area contributed by atoms with Crippen molar-refractivity contribution < 1.29 is 4.74 Å². The zero-order valence-corrected chi connectivity index (χ0v) is 14.6. The number of anilines is 3. The minimum Gasteiger partial charge on any atom is -0.383 e. The SMILES string of the molecule is COC[C@H](C)Nc1nc2c3c(n1)N(Cc1ccccc1)CCC3NN2. The number of methoxy groups -OCH3 is 1. The van der Waals surface area contributed by atoms with Crippen LogP contribution < -0.4 is 21.1 Å². The molecule has 0 aliphatic carbocycles. The molecule has 2 aromatic rings. The molecule has 0 spiro atoms. The van der Waals surface area contributed by atoms with Gasteiger partial charge in [0.15, 0.2) is 5.82 Å². The molecule has 0 saturated heterocycles. The Balaban J connectivity index is 1.64. The average Bonchev–Trinajstić information content (AvgIpc) is 3.02. The summed E-state index contributed by atoms with van der Waals surface area (Å²) in [6.07, 6.45) is 1.04. The highest BCUT2D eigenvalue weighted by atomic mass is 16.5. The summed E-state index contributed by atoms with van der Waals surface area (Å²) < 4.78 is 5.20. The highest BCUT2D eigenvalue weighted by molar-refractivity contribution is 5.67. The maximum Gasteiger partial charge on any atom is 0.226 e.